The molecule has 32 nitrogen and oxygen atoms in total. The van der Waals surface area contributed by atoms with Crippen LogP contribution in [0.2, 0.25) is 0 Å². The van der Waals surface area contributed by atoms with Gasteiger partial charge in [0.2, 0.25) is 47.3 Å². The summed E-state index contributed by atoms with van der Waals surface area (Å²) < 4.78 is 27.2. The van der Waals surface area contributed by atoms with Gasteiger partial charge in [0.15, 0.2) is 0 Å². The molecule has 12 atom stereocenters. The van der Waals surface area contributed by atoms with E-state index in [0.29, 0.717) is 34.0 Å². The molecule has 2 aromatic heterocycles. The van der Waals surface area contributed by atoms with Crippen molar-refractivity contribution in [3.63, 3.8) is 0 Å². The lowest BCUT2D eigenvalue weighted by atomic mass is 10.0. The number of likely N-dealkylation sites (tertiary alicyclic amines) is 2. The predicted molar refractivity (Wildman–Crippen MR) is 373 cm³/mol. The van der Waals surface area contributed by atoms with Crippen LogP contribution in [-0.2, 0) is 96.7 Å². The van der Waals surface area contributed by atoms with Crippen molar-refractivity contribution in [3.8, 4) is 11.5 Å². The number of aliphatic carboxylic acids is 2. The van der Waals surface area contributed by atoms with Crippen LogP contribution in [0.5, 0.6) is 11.5 Å². The van der Waals surface area contributed by atoms with E-state index in [4.69, 9.17) is 18.9 Å². The number of carboxylic acid groups (broad SMARTS) is 2. The SMILES string of the molecule is CNC(C)C(=O)NC(C(=O)N1CC2CC1C(=O)NC(COCc1ccccc1)C(=O)NC(C(=O)O)Cc1ccc(cc1)OCc1cn(nn1)C1CC(C(=O)NC(COCc3ccccc3)C(=O)NC(C(=O)O)Cc3ccc(cc3)OCc3cn2nn3)N(C(=O)C(NC(=O)C(C)NC)C(C)C)C1)C(C)C. The maximum atomic E-state index is 15.0. The van der Waals surface area contributed by atoms with Crippen molar-refractivity contribution >= 4 is 59.2 Å². The van der Waals surface area contributed by atoms with Gasteiger partial charge in [-0.1, -0.05) is 123 Å². The summed E-state index contributed by atoms with van der Waals surface area (Å²) in [4.78, 5) is 144. The molecule has 0 saturated carbocycles. The largest absolute Gasteiger partial charge is 0.487 e. The van der Waals surface area contributed by atoms with Gasteiger partial charge < -0.3 is 81.5 Å². The molecule has 32 heteroatoms. The van der Waals surface area contributed by atoms with Gasteiger partial charge in [0.1, 0.15) is 84.4 Å². The molecule has 0 spiro atoms. The monoisotopic (exact) mass is 1440 g/mol. The van der Waals surface area contributed by atoms with Crippen LogP contribution in [0.3, 0.4) is 0 Å². The molecule has 104 heavy (non-hydrogen) atoms. The van der Waals surface area contributed by atoms with E-state index in [-0.39, 0.29) is 65.2 Å². The number of nitrogens with one attached hydrogen (secondary N) is 8. The molecule has 556 valence electrons. The Hall–Kier alpha value is -10.7. The lowest BCUT2D eigenvalue weighted by molar-refractivity contribution is -0.144. The van der Waals surface area contributed by atoms with E-state index in [9.17, 15) is 58.2 Å². The minimum Gasteiger partial charge on any atom is -0.487 e. The average Bonchev–Trinajstić information content (AvgIpc) is 1.64. The minimum atomic E-state index is -1.53. The average molecular weight is 1440 g/mol. The van der Waals surface area contributed by atoms with Gasteiger partial charge in [-0.25, -0.2) is 19.0 Å². The summed E-state index contributed by atoms with van der Waals surface area (Å²) in [6, 6.07) is 17.3. The molecule has 8 amide bonds. The van der Waals surface area contributed by atoms with Gasteiger partial charge in [-0.3, -0.25) is 38.4 Å². The van der Waals surface area contributed by atoms with Gasteiger partial charge in [-0.05, 0) is 86.3 Å². The van der Waals surface area contributed by atoms with Crippen LogP contribution in [0, 0.1) is 11.8 Å². The second-order valence-electron chi connectivity index (χ2n) is 26.8. The zero-order valence-corrected chi connectivity index (χ0v) is 59.3. The highest BCUT2D eigenvalue weighted by molar-refractivity contribution is 5.98. The van der Waals surface area contributed by atoms with Crippen molar-refractivity contribution in [2.45, 2.75) is 166 Å². The number of rotatable bonds is 20. The van der Waals surface area contributed by atoms with Crippen LogP contribution in [0.4, 0.5) is 0 Å². The third kappa shape index (κ3) is 20.8. The third-order valence-corrected chi connectivity index (χ3v) is 18.5. The Morgan fingerprint density at radius 1 is 0.519 bits per heavy atom. The summed E-state index contributed by atoms with van der Waals surface area (Å²) in [5, 5.41) is 60.7. The third-order valence-electron chi connectivity index (χ3n) is 18.5. The first-order valence-corrected chi connectivity index (χ1v) is 34.6. The molecule has 6 aromatic rings. The van der Waals surface area contributed by atoms with E-state index in [1.807, 2.05) is 12.1 Å². The van der Waals surface area contributed by atoms with E-state index in [1.165, 1.54) is 19.2 Å². The summed E-state index contributed by atoms with van der Waals surface area (Å²) in [6.07, 6.45) is 2.62. The van der Waals surface area contributed by atoms with E-state index >= 15 is 0 Å². The number of hydrogen-bond acceptors (Lipinski definition) is 20. The molecule has 4 aromatic carbocycles. The molecule has 12 bridgehead atoms. The number of carboxylic acids is 2. The predicted octanol–water partition coefficient (Wildman–Crippen LogP) is 1.15. The van der Waals surface area contributed by atoms with Crippen molar-refractivity contribution < 1.29 is 77.1 Å². The highest BCUT2D eigenvalue weighted by Crippen LogP contribution is 2.32. The summed E-state index contributed by atoms with van der Waals surface area (Å²) in [5.74, 6) is -8.50. The zero-order chi connectivity index (χ0) is 74.7. The number of amides is 8. The molecule has 2 fully saturated rings. The van der Waals surface area contributed by atoms with E-state index in [0.717, 1.165) is 11.1 Å². The Balaban J connectivity index is 1.02. The van der Waals surface area contributed by atoms with Crippen LogP contribution in [0.25, 0.3) is 0 Å². The number of hydrogen-bond donors (Lipinski definition) is 10. The first kappa shape index (κ1) is 77.5. The van der Waals surface area contributed by atoms with Gasteiger partial charge >= 0.3 is 11.9 Å². The lowest BCUT2D eigenvalue weighted by Gasteiger charge is -2.31. The highest BCUT2D eigenvalue weighted by Gasteiger charge is 2.47. The summed E-state index contributed by atoms with van der Waals surface area (Å²) >= 11 is 0. The Bertz CT molecular complexity index is 3680. The van der Waals surface area contributed by atoms with E-state index in [1.54, 1.807) is 165 Å². The van der Waals surface area contributed by atoms with Crippen molar-refractivity contribution in [2.24, 2.45) is 11.8 Å². The maximum Gasteiger partial charge on any atom is 0.326 e. The summed E-state index contributed by atoms with van der Waals surface area (Å²) in [5.41, 5.74) is 3.10. The molecule has 12 unspecified atom stereocenters. The number of benzene rings is 4. The Morgan fingerprint density at radius 2 is 0.885 bits per heavy atom. The van der Waals surface area contributed by atoms with Crippen LogP contribution in [-0.4, -0.2) is 210 Å². The topological polar surface area (TPSA) is 412 Å². The van der Waals surface area contributed by atoms with E-state index in [2.05, 4.69) is 63.2 Å². The van der Waals surface area contributed by atoms with Crippen LogP contribution in [0.1, 0.15) is 100 Å². The van der Waals surface area contributed by atoms with Gasteiger partial charge in [-0.2, -0.15) is 0 Å². The minimum absolute atomic E-state index is 0.0132. The fourth-order valence-corrected chi connectivity index (χ4v) is 12.1. The smallest absolute Gasteiger partial charge is 0.326 e. The summed E-state index contributed by atoms with van der Waals surface area (Å²) in [6.45, 7) is 8.96. The molecule has 0 aliphatic carbocycles. The van der Waals surface area contributed by atoms with Gasteiger partial charge in [0.25, 0.3) is 0 Å². The van der Waals surface area contributed by atoms with Gasteiger partial charge in [0.05, 0.1) is 63.0 Å². The fraction of sp³-hybridized carbons (Fsp3) is 0.472. The van der Waals surface area contributed by atoms with Crippen molar-refractivity contribution in [3.05, 3.63) is 155 Å². The van der Waals surface area contributed by atoms with Crippen molar-refractivity contribution in [1.29, 1.82) is 0 Å². The van der Waals surface area contributed by atoms with Crippen LogP contribution < -0.4 is 52.0 Å². The van der Waals surface area contributed by atoms with Gasteiger partial charge in [-0.15, -0.1) is 10.2 Å². The first-order chi connectivity index (χ1) is 49.9. The molecular weight excluding hydrogens is 1340 g/mol. The standard InChI is InChI=1S/C72H92N16O16/c1-41(2)61(79-63(89)43(5)73-7)69(95)85-33-51-29-59(85)67(93)77-57(39-101-35-47-15-11-9-12-16-47)65(91)75-55(71(97)98)27-45-21-25-54(26-22-45)104-38-50-32-88(84-82-50)52-30-60(86(34-52)70(96)62(42(3)4)80-64(90)44(6)74-8)68(94)78-58(40-102-36-48-17-13-10-14-18-48)66(92)76-56(72(99)100)28-46-19-23-53(24-20-46)103-37-49-31-87(51)83-81-49/h9-26,31-32,41-44,51-52,55-62,73-74H,27-30,33-40H2,1-8H3,(H,75,91)(H,76,92)(H,77,93)(H,78,94)(H,79,89)(H,80,90)(H,97,98)(H,99,100). The Labute approximate surface area is 601 Å². The Kier molecular flexibility index (Phi) is 27.1. The van der Waals surface area contributed by atoms with Crippen LogP contribution >= 0.6 is 0 Å². The quantitative estimate of drug-likeness (QED) is 0.0512. The number of carbonyl (C=O) groups is 10. The lowest BCUT2D eigenvalue weighted by Crippen LogP contribution is -2.59. The molecule has 0 radical (unpaired) electrons. The number of nitrogens with zero attached hydrogens (tertiary/aromatic N) is 8. The normalized spacial score (nSPS) is 21.9. The van der Waals surface area contributed by atoms with Crippen molar-refractivity contribution in [1.82, 2.24) is 82.3 Å². The Morgan fingerprint density at radius 3 is 1.22 bits per heavy atom. The number of likely N-dealkylation sites (N-methyl/N-ethyl adjacent to an activating group) is 2. The molecule has 6 aliphatic rings. The molecule has 8 heterocycles. The number of aromatic nitrogens is 6. The number of ether oxygens (including phenoxy) is 4. The fourth-order valence-electron chi connectivity index (χ4n) is 12.1. The second kappa shape index (κ2) is 36.4. The molecule has 12 rings (SSSR count). The molecule has 10 N–H and O–H groups in total. The van der Waals surface area contributed by atoms with Crippen molar-refractivity contribution in [2.75, 3.05) is 40.4 Å². The maximum absolute atomic E-state index is 15.0. The van der Waals surface area contributed by atoms with Crippen LogP contribution in [0.15, 0.2) is 122 Å². The number of carbonyl (C=O) groups excluding carboxylic acids is 8. The molecule has 6 aliphatic heterocycles. The van der Waals surface area contributed by atoms with E-state index < -0.39 is 157 Å². The highest BCUT2D eigenvalue weighted by atomic mass is 16.5. The molecule has 2 saturated heterocycles. The first-order valence-electron chi connectivity index (χ1n) is 34.6. The molecular formula is C72H92N16O16. The zero-order valence-electron chi connectivity index (χ0n) is 59.3. The summed E-state index contributed by atoms with van der Waals surface area (Å²) in [7, 11) is 3.19. The van der Waals surface area contributed by atoms with Gasteiger partial charge in [0, 0.05) is 38.8 Å². The second-order valence-corrected chi connectivity index (χ2v) is 26.8.